The third-order valence-electron chi connectivity index (χ3n) is 7.73. The van der Waals surface area contributed by atoms with Gasteiger partial charge in [0.15, 0.2) is 6.04 Å². The molecule has 1 aliphatic carbocycles. The number of hydrogen-bond donors (Lipinski definition) is 1. The first kappa shape index (κ1) is 27.4. The monoisotopic (exact) mass is 538 g/mol. The molecule has 1 aromatic carbocycles. The molecule has 1 amide bonds. The maximum atomic E-state index is 14.1. The molecule has 11 heteroatoms. The van der Waals surface area contributed by atoms with Crippen LogP contribution >= 0.6 is 0 Å². The lowest BCUT2D eigenvalue weighted by atomic mass is 9.83. The number of piperidine rings is 1. The summed E-state index contributed by atoms with van der Waals surface area (Å²) in [5, 5.41) is 3.42. The van der Waals surface area contributed by atoms with Crippen molar-refractivity contribution in [3.8, 4) is 0 Å². The highest BCUT2D eigenvalue weighted by molar-refractivity contribution is 7.88. The molecule has 0 saturated carbocycles. The summed E-state index contributed by atoms with van der Waals surface area (Å²) >= 11 is 0. The molecule has 2 heterocycles. The fourth-order valence-corrected chi connectivity index (χ4v) is 6.38. The van der Waals surface area contributed by atoms with Crippen LogP contribution in [0.2, 0.25) is 0 Å². The Hall–Kier alpha value is -2.66. The Morgan fingerprint density at radius 3 is 2.35 bits per heavy atom. The van der Waals surface area contributed by atoms with Gasteiger partial charge in [0, 0.05) is 37.5 Å². The first-order chi connectivity index (χ1) is 17.2. The second-order valence-electron chi connectivity index (χ2n) is 10.6. The second kappa shape index (κ2) is 9.90. The normalized spacial score (nSPS) is 21.3. The molecular weight excluding hydrogens is 505 g/mol. The molecule has 2 atom stereocenters. The number of aromatic nitrogens is 1. The van der Waals surface area contributed by atoms with E-state index >= 15 is 0 Å². The lowest BCUT2D eigenvalue weighted by molar-refractivity contribution is -0.191. The zero-order chi connectivity index (χ0) is 27.2. The Bertz CT molecular complexity index is 1240. The third-order valence-corrected chi connectivity index (χ3v) is 9.03. The number of nitrogens with zero attached hydrogens (tertiary/aromatic N) is 3. The average molecular weight is 539 g/mol. The van der Waals surface area contributed by atoms with E-state index in [-0.39, 0.29) is 43.1 Å². The molecule has 7 nitrogen and oxygen atoms in total. The Balaban J connectivity index is 1.47. The molecular formula is C26H33F3N4O3S. The molecule has 0 bridgehead atoms. The summed E-state index contributed by atoms with van der Waals surface area (Å²) in [5.74, 6) is -1.34. The van der Waals surface area contributed by atoms with Crippen LogP contribution in [0.25, 0.3) is 0 Å². The number of fused-ring (bicyclic) bond motifs is 1. The van der Waals surface area contributed by atoms with E-state index in [0.717, 1.165) is 19.7 Å². The fraction of sp³-hybridized carbons (Fsp3) is 0.538. The van der Waals surface area contributed by atoms with Gasteiger partial charge in [0.1, 0.15) is 0 Å². The molecule has 1 fully saturated rings. The first-order valence-electron chi connectivity index (χ1n) is 12.3. The molecule has 1 aromatic heterocycles. The van der Waals surface area contributed by atoms with Crippen LogP contribution in [-0.2, 0) is 26.7 Å². The fourth-order valence-electron chi connectivity index (χ4n) is 5.51. The van der Waals surface area contributed by atoms with Crippen LogP contribution in [0, 0.1) is 5.92 Å². The second-order valence-corrected chi connectivity index (χ2v) is 12.6. The van der Waals surface area contributed by atoms with Gasteiger partial charge >= 0.3 is 6.18 Å². The lowest BCUT2D eigenvalue weighted by Crippen LogP contribution is -2.46. The summed E-state index contributed by atoms with van der Waals surface area (Å²) in [6.45, 7) is 4.50. The van der Waals surface area contributed by atoms with Crippen molar-refractivity contribution in [3.05, 3.63) is 59.4 Å². The van der Waals surface area contributed by atoms with Crippen LogP contribution in [0.1, 0.15) is 49.6 Å². The summed E-state index contributed by atoms with van der Waals surface area (Å²) in [5.41, 5.74) is 2.67. The van der Waals surface area contributed by atoms with Crippen LogP contribution in [0.15, 0.2) is 42.6 Å². The molecule has 202 valence electrons. The van der Waals surface area contributed by atoms with E-state index < -0.39 is 34.1 Å². The average Bonchev–Trinajstić information content (AvgIpc) is 3.08. The molecule has 0 spiro atoms. The van der Waals surface area contributed by atoms with Gasteiger partial charge in [-0.3, -0.25) is 9.78 Å². The molecule has 2 aromatic rings. The number of anilines is 1. The summed E-state index contributed by atoms with van der Waals surface area (Å²) in [6, 6.07) is 8.93. The van der Waals surface area contributed by atoms with E-state index in [4.69, 9.17) is 0 Å². The Morgan fingerprint density at radius 2 is 1.81 bits per heavy atom. The maximum absolute atomic E-state index is 14.1. The van der Waals surface area contributed by atoms with Crippen molar-refractivity contribution in [3.63, 3.8) is 0 Å². The van der Waals surface area contributed by atoms with Crippen molar-refractivity contribution >= 4 is 21.6 Å². The molecule has 1 unspecified atom stereocenters. The van der Waals surface area contributed by atoms with E-state index in [9.17, 15) is 26.4 Å². The van der Waals surface area contributed by atoms with Gasteiger partial charge in [-0.1, -0.05) is 38.1 Å². The molecule has 1 N–H and O–H groups in total. The lowest BCUT2D eigenvalue weighted by Gasteiger charge is -2.35. The van der Waals surface area contributed by atoms with Gasteiger partial charge < -0.3 is 10.2 Å². The predicted molar refractivity (Wildman–Crippen MR) is 136 cm³/mol. The van der Waals surface area contributed by atoms with Crippen molar-refractivity contribution in [1.29, 1.82) is 0 Å². The van der Waals surface area contributed by atoms with Crippen molar-refractivity contribution < 1.29 is 26.4 Å². The first-order valence-corrected chi connectivity index (χ1v) is 14.1. The minimum Gasteiger partial charge on any atom is -0.380 e. The SMILES string of the molecule is CN(C(=O)C1CCN(S(C)(=O)=O)CC1)[C@@H](c1ccc(NC2Cc3ccccc3C2(C)C)cn1)C(F)(F)F. The summed E-state index contributed by atoms with van der Waals surface area (Å²) in [6.07, 6.45) is -1.11. The summed E-state index contributed by atoms with van der Waals surface area (Å²) in [4.78, 5) is 17.8. The molecule has 1 aliphatic heterocycles. The van der Waals surface area contributed by atoms with Gasteiger partial charge in [0.25, 0.3) is 0 Å². The number of nitrogens with one attached hydrogen (secondary N) is 1. The third kappa shape index (κ3) is 5.62. The van der Waals surface area contributed by atoms with E-state index in [1.807, 2.05) is 12.1 Å². The summed E-state index contributed by atoms with van der Waals surface area (Å²) < 4.78 is 67.1. The van der Waals surface area contributed by atoms with Crippen molar-refractivity contribution in [2.24, 2.45) is 5.92 Å². The van der Waals surface area contributed by atoms with Gasteiger partial charge in [-0.15, -0.1) is 0 Å². The number of hydrogen-bond acceptors (Lipinski definition) is 5. The highest BCUT2D eigenvalue weighted by Crippen LogP contribution is 2.41. The van der Waals surface area contributed by atoms with E-state index in [0.29, 0.717) is 10.6 Å². The number of pyridine rings is 1. The van der Waals surface area contributed by atoms with Gasteiger partial charge in [-0.25, -0.2) is 12.7 Å². The van der Waals surface area contributed by atoms with E-state index in [2.05, 4.69) is 36.3 Å². The smallest absolute Gasteiger partial charge is 0.380 e. The Labute approximate surface area is 216 Å². The highest BCUT2D eigenvalue weighted by Gasteiger charge is 2.47. The predicted octanol–water partition coefficient (Wildman–Crippen LogP) is 4.13. The maximum Gasteiger partial charge on any atom is 0.414 e. The van der Waals surface area contributed by atoms with Gasteiger partial charge in [0.05, 0.1) is 23.8 Å². The van der Waals surface area contributed by atoms with Crippen LogP contribution in [0.4, 0.5) is 18.9 Å². The number of amides is 1. The number of alkyl halides is 3. The zero-order valence-corrected chi connectivity index (χ0v) is 22.2. The standard InChI is InChI=1S/C26H33F3N4O3S/c1-25(2)20-8-6-5-7-18(20)15-22(25)31-19-9-10-21(30-16-19)23(26(27,28)29)32(3)24(34)17-11-13-33(14-12-17)37(4,35)36/h5-10,16-17,22-23,31H,11-15H2,1-4H3/t22?,23-/m0/s1. The Morgan fingerprint density at radius 1 is 1.16 bits per heavy atom. The molecule has 4 rings (SSSR count). The van der Waals surface area contributed by atoms with Gasteiger partial charge in [-0.2, -0.15) is 13.2 Å². The minimum absolute atomic E-state index is 0.0537. The highest BCUT2D eigenvalue weighted by atomic mass is 32.2. The molecule has 0 radical (unpaired) electrons. The van der Waals surface area contributed by atoms with Crippen LogP contribution < -0.4 is 5.32 Å². The van der Waals surface area contributed by atoms with Crippen LogP contribution in [0.5, 0.6) is 0 Å². The van der Waals surface area contributed by atoms with Crippen molar-refractivity contribution in [2.45, 2.75) is 56.8 Å². The van der Waals surface area contributed by atoms with Crippen LogP contribution in [-0.4, -0.2) is 67.1 Å². The van der Waals surface area contributed by atoms with Crippen molar-refractivity contribution in [1.82, 2.24) is 14.2 Å². The largest absolute Gasteiger partial charge is 0.414 e. The number of halogens is 3. The zero-order valence-electron chi connectivity index (χ0n) is 21.4. The number of rotatable bonds is 6. The topological polar surface area (TPSA) is 82.6 Å². The number of carbonyl (C=O) groups is 1. The molecule has 1 saturated heterocycles. The number of carbonyl (C=O) groups excluding carboxylic acids is 1. The van der Waals surface area contributed by atoms with E-state index in [1.54, 1.807) is 6.07 Å². The van der Waals surface area contributed by atoms with Crippen LogP contribution in [0.3, 0.4) is 0 Å². The van der Waals surface area contributed by atoms with Gasteiger partial charge in [0.2, 0.25) is 15.9 Å². The quantitative estimate of drug-likeness (QED) is 0.598. The summed E-state index contributed by atoms with van der Waals surface area (Å²) in [7, 11) is -2.27. The Kier molecular flexibility index (Phi) is 7.33. The van der Waals surface area contributed by atoms with Gasteiger partial charge in [-0.05, 0) is 42.5 Å². The minimum atomic E-state index is -4.73. The van der Waals surface area contributed by atoms with Crippen molar-refractivity contribution in [2.75, 3.05) is 31.7 Å². The molecule has 2 aliphatic rings. The number of sulfonamides is 1. The number of benzene rings is 1. The molecule has 37 heavy (non-hydrogen) atoms. The van der Waals surface area contributed by atoms with E-state index in [1.165, 1.54) is 27.7 Å².